The zero-order chi connectivity index (χ0) is 44.3. The molecule has 0 amide bonds. The van der Waals surface area contributed by atoms with Gasteiger partial charge in [0.15, 0.2) is 0 Å². The molecule has 0 aliphatic rings. The van der Waals surface area contributed by atoms with Crippen LogP contribution in [0.5, 0.6) is 0 Å². The number of carboxylic acids is 1. The second kappa shape index (κ2) is 41.6. The van der Waals surface area contributed by atoms with Gasteiger partial charge < -0.3 is 72.0 Å². The number of carbonyl (C=O) groups excluding carboxylic acids is 1. The lowest BCUT2D eigenvalue weighted by Gasteiger charge is -2.09. The summed E-state index contributed by atoms with van der Waals surface area (Å²) in [5.41, 5.74) is -0.549. The lowest BCUT2D eigenvalue weighted by molar-refractivity contribution is -0.393. The van der Waals surface area contributed by atoms with Gasteiger partial charge in [-0.25, -0.2) is 0 Å². The van der Waals surface area contributed by atoms with Gasteiger partial charge in [0.1, 0.15) is 12.3 Å². The standard InChI is InChI=1S/C38H65N3O20/c42-37(43)3-1-2-4-38(44)61-32-31-60-30-29-59-28-27-58-26-25-57-24-23-56-22-21-55-20-19-54-18-17-53-16-15-52-14-13-51-12-11-50-10-9-49-8-7-39-35-6-5-34(40(45)46)33-36(35)41(47)48/h5-6,33,39H,1-4,7-32H2,(H,42,43). The highest BCUT2D eigenvalue weighted by Gasteiger charge is 2.19. The number of nitrogens with zero attached hydrogens (tertiary/aromatic N) is 2. The van der Waals surface area contributed by atoms with Gasteiger partial charge in [-0.1, -0.05) is 0 Å². The van der Waals surface area contributed by atoms with Crippen molar-refractivity contribution in [1.29, 1.82) is 0 Å². The zero-order valence-corrected chi connectivity index (χ0v) is 35.0. The Bertz CT molecular complexity index is 1250. The van der Waals surface area contributed by atoms with E-state index in [2.05, 4.69) is 5.32 Å². The summed E-state index contributed by atoms with van der Waals surface area (Å²) in [5, 5.41) is 33.4. The van der Waals surface area contributed by atoms with Crippen LogP contribution in [0, 0.1) is 20.2 Å². The van der Waals surface area contributed by atoms with Crippen molar-refractivity contribution in [2.75, 3.05) is 177 Å². The molecule has 1 aromatic carbocycles. The van der Waals surface area contributed by atoms with Crippen molar-refractivity contribution < 1.29 is 86.1 Å². The van der Waals surface area contributed by atoms with Crippen LogP contribution in [0.1, 0.15) is 25.7 Å². The third-order valence-electron chi connectivity index (χ3n) is 7.56. The molecule has 352 valence electrons. The number of carboxylic acid groups (broad SMARTS) is 1. The fourth-order valence-corrected chi connectivity index (χ4v) is 4.55. The van der Waals surface area contributed by atoms with E-state index in [-0.39, 0.29) is 62.2 Å². The fraction of sp³-hybridized carbons (Fsp3) is 0.789. The van der Waals surface area contributed by atoms with Crippen LogP contribution in [-0.4, -0.2) is 199 Å². The quantitative estimate of drug-likeness (QED) is 0.0411. The minimum atomic E-state index is -0.872. The summed E-state index contributed by atoms with van der Waals surface area (Å²) in [6, 6.07) is 3.41. The number of hydrogen-bond donors (Lipinski definition) is 2. The van der Waals surface area contributed by atoms with Gasteiger partial charge in [0.25, 0.3) is 11.4 Å². The van der Waals surface area contributed by atoms with Gasteiger partial charge in [-0.15, -0.1) is 0 Å². The SMILES string of the molecule is O=C(O)CCCCC(=O)OCCOCCOCCOCCOCCOCCOCCOCCOCCOCCOCCOCCOCCNc1ccc([N+](=O)[O-])cc1[N+](=O)[O-]. The summed E-state index contributed by atoms with van der Waals surface area (Å²) >= 11 is 0. The lowest BCUT2D eigenvalue weighted by atomic mass is 10.2. The van der Waals surface area contributed by atoms with Crippen LogP contribution < -0.4 is 5.32 Å². The first-order chi connectivity index (χ1) is 29.8. The number of ether oxygens (including phenoxy) is 13. The number of carbonyl (C=O) groups is 2. The first-order valence-electron chi connectivity index (χ1n) is 20.3. The molecule has 1 rings (SSSR count). The van der Waals surface area contributed by atoms with Crippen molar-refractivity contribution in [3.8, 4) is 0 Å². The maximum atomic E-state index is 11.5. The monoisotopic (exact) mass is 883 g/mol. The molecule has 0 aliphatic heterocycles. The Morgan fingerprint density at radius 2 is 0.803 bits per heavy atom. The Hall–Kier alpha value is -3.72. The van der Waals surface area contributed by atoms with E-state index in [0.29, 0.717) is 158 Å². The second-order valence-corrected chi connectivity index (χ2v) is 12.3. The predicted molar refractivity (Wildman–Crippen MR) is 215 cm³/mol. The number of esters is 1. The van der Waals surface area contributed by atoms with Gasteiger partial charge in [0, 0.05) is 25.5 Å². The molecule has 2 N–H and O–H groups in total. The number of non-ortho nitro benzene ring substituents is 1. The van der Waals surface area contributed by atoms with Crippen molar-refractivity contribution in [3.63, 3.8) is 0 Å². The summed E-state index contributed by atoms with van der Waals surface area (Å²) in [5.74, 6) is -1.23. The Morgan fingerprint density at radius 1 is 0.475 bits per heavy atom. The largest absolute Gasteiger partial charge is 0.481 e. The second-order valence-electron chi connectivity index (χ2n) is 12.3. The smallest absolute Gasteiger partial charge is 0.305 e. The Balaban J connectivity index is 1.68. The van der Waals surface area contributed by atoms with Crippen LogP contribution in [0.4, 0.5) is 17.1 Å². The van der Waals surface area contributed by atoms with Crippen molar-refractivity contribution >= 4 is 29.0 Å². The molecule has 0 bridgehead atoms. The topological polar surface area (TPSA) is 273 Å². The molecule has 0 spiro atoms. The van der Waals surface area contributed by atoms with Gasteiger partial charge >= 0.3 is 11.9 Å². The van der Waals surface area contributed by atoms with E-state index in [1.807, 2.05) is 0 Å². The van der Waals surface area contributed by atoms with Crippen molar-refractivity contribution in [2.24, 2.45) is 0 Å². The molecule has 0 radical (unpaired) electrons. The third kappa shape index (κ3) is 36.6. The highest BCUT2D eigenvalue weighted by Crippen LogP contribution is 2.28. The summed E-state index contributed by atoms with van der Waals surface area (Å²) in [4.78, 5) is 42.5. The molecule has 0 saturated heterocycles. The van der Waals surface area contributed by atoms with Crippen LogP contribution in [0.3, 0.4) is 0 Å². The molecule has 61 heavy (non-hydrogen) atoms. The van der Waals surface area contributed by atoms with Crippen molar-refractivity contribution in [3.05, 3.63) is 38.4 Å². The van der Waals surface area contributed by atoms with E-state index < -0.39 is 15.8 Å². The number of nitro benzene ring substituents is 2. The van der Waals surface area contributed by atoms with Gasteiger partial charge in [-0.3, -0.25) is 29.8 Å². The molecule has 0 fully saturated rings. The van der Waals surface area contributed by atoms with E-state index in [0.717, 1.165) is 6.07 Å². The lowest BCUT2D eigenvalue weighted by Crippen LogP contribution is -2.16. The van der Waals surface area contributed by atoms with Crippen LogP contribution in [-0.2, 0) is 71.2 Å². The normalized spacial score (nSPS) is 11.2. The minimum absolute atomic E-state index is 0.0492. The highest BCUT2D eigenvalue weighted by molar-refractivity contribution is 5.69. The maximum Gasteiger partial charge on any atom is 0.305 e. The number of aliphatic carboxylic acids is 1. The van der Waals surface area contributed by atoms with Crippen LogP contribution in [0.15, 0.2) is 18.2 Å². The molecule has 0 atom stereocenters. The average molecular weight is 884 g/mol. The summed E-state index contributed by atoms with van der Waals surface area (Å²) in [6.45, 7) is 10.3. The average Bonchev–Trinajstić information content (AvgIpc) is 3.24. The highest BCUT2D eigenvalue weighted by atomic mass is 16.6. The van der Waals surface area contributed by atoms with E-state index in [1.165, 1.54) is 12.1 Å². The molecule has 0 aliphatic carbocycles. The number of anilines is 1. The first-order valence-corrected chi connectivity index (χ1v) is 20.3. The summed E-state index contributed by atoms with van der Waals surface area (Å²) < 4.78 is 70.3. The van der Waals surface area contributed by atoms with Gasteiger partial charge in [0.2, 0.25) is 0 Å². The van der Waals surface area contributed by atoms with Gasteiger partial charge in [-0.2, -0.15) is 0 Å². The number of hydrogen-bond acceptors (Lipinski definition) is 20. The Kier molecular flexibility index (Phi) is 37.7. The summed E-state index contributed by atoms with van der Waals surface area (Å²) in [7, 11) is 0. The van der Waals surface area contributed by atoms with E-state index in [9.17, 15) is 29.8 Å². The fourth-order valence-electron chi connectivity index (χ4n) is 4.55. The number of nitro groups is 2. The molecule has 0 heterocycles. The molecular weight excluding hydrogens is 818 g/mol. The molecule has 1 aromatic rings. The van der Waals surface area contributed by atoms with E-state index in [1.54, 1.807) is 0 Å². The molecule has 0 saturated carbocycles. The van der Waals surface area contributed by atoms with Crippen LogP contribution in [0.2, 0.25) is 0 Å². The van der Waals surface area contributed by atoms with Crippen molar-refractivity contribution in [2.45, 2.75) is 25.7 Å². The maximum absolute atomic E-state index is 11.5. The number of rotatable bonds is 47. The van der Waals surface area contributed by atoms with Crippen LogP contribution >= 0.6 is 0 Å². The summed E-state index contributed by atoms with van der Waals surface area (Å²) in [6.07, 6.45) is 1.19. The number of nitrogens with one attached hydrogen (secondary N) is 1. The molecule has 0 aromatic heterocycles. The Morgan fingerprint density at radius 3 is 1.13 bits per heavy atom. The van der Waals surface area contributed by atoms with E-state index >= 15 is 0 Å². The zero-order valence-electron chi connectivity index (χ0n) is 35.0. The Labute approximate surface area is 356 Å². The minimum Gasteiger partial charge on any atom is -0.481 e. The van der Waals surface area contributed by atoms with Gasteiger partial charge in [-0.05, 0) is 18.9 Å². The molecule has 0 unspecified atom stereocenters. The van der Waals surface area contributed by atoms with Gasteiger partial charge in [0.05, 0.1) is 174 Å². The number of unbranched alkanes of at least 4 members (excludes halogenated alkanes) is 1. The van der Waals surface area contributed by atoms with Crippen molar-refractivity contribution in [1.82, 2.24) is 0 Å². The number of benzene rings is 1. The molecule has 23 heteroatoms. The first kappa shape index (κ1) is 55.3. The third-order valence-corrected chi connectivity index (χ3v) is 7.56. The van der Waals surface area contributed by atoms with Crippen LogP contribution in [0.25, 0.3) is 0 Å². The molecular formula is C38H65N3O20. The van der Waals surface area contributed by atoms with E-state index in [4.69, 9.17) is 66.7 Å². The molecule has 23 nitrogen and oxygen atoms in total. The predicted octanol–water partition coefficient (Wildman–Crippen LogP) is 2.30.